The highest BCUT2D eigenvalue weighted by atomic mass is 16.5. The monoisotopic (exact) mass is 403 g/mol. The lowest BCUT2D eigenvalue weighted by molar-refractivity contribution is 0.0878. The van der Waals surface area contributed by atoms with Crippen molar-refractivity contribution in [3.05, 3.63) is 47.7 Å². The lowest BCUT2D eigenvalue weighted by Crippen LogP contribution is -2.20. The van der Waals surface area contributed by atoms with E-state index in [9.17, 15) is 9.59 Å². The maximum absolute atomic E-state index is 12.6. The van der Waals surface area contributed by atoms with Gasteiger partial charge in [0.05, 0.1) is 38.1 Å². The molecule has 8 nitrogen and oxygen atoms in total. The number of fused-ring (bicyclic) bond motifs is 5. The van der Waals surface area contributed by atoms with Crippen LogP contribution in [-0.2, 0) is 0 Å². The zero-order valence-corrected chi connectivity index (χ0v) is 16.5. The number of hydrogen-bond donors (Lipinski definition) is 2. The van der Waals surface area contributed by atoms with Crippen molar-refractivity contribution in [2.75, 3.05) is 21.3 Å². The van der Waals surface area contributed by atoms with E-state index in [0.717, 1.165) is 10.9 Å². The van der Waals surface area contributed by atoms with Gasteiger partial charge in [0, 0.05) is 27.9 Å². The Morgan fingerprint density at radius 1 is 0.833 bits per heavy atom. The Bertz CT molecular complexity index is 1370. The smallest absolute Gasteiger partial charge is 0.277 e. The van der Waals surface area contributed by atoms with Crippen LogP contribution in [0.5, 0.6) is 17.2 Å². The Morgan fingerprint density at radius 3 is 2.30 bits per heavy atom. The third-order valence-electron chi connectivity index (χ3n) is 5.29. The Balaban J connectivity index is 1.93. The van der Waals surface area contributed by atoms with Gasteiger partial charge in [-0.05, 0) is 30.3 Å². The van der Waals surface area contributed by atoms with Crippen LogP contribution in [0, 0.1) is 0 Å². The van der Waals surface area contributed by atoms with Gasteiger partial charge in [-0.15, -0.1) is 0 Å². The Morgan fingerprint density at radius 2 is 1.57 bits per heavy atom. The molecule has 0 unspecified atom stereocenters. The molecule has 1 aliphatic rings. The highest BCUT2D eigenvalue weighted by Crippen LogP contribution is 2.41. The second-order valence-electron chi connectivity index (χ2n) is 6.82. The summed E-state index contributed by atoms with van der Waals surface area (Å²) in [5.74, 6) is 0.806. The Kier molecular flexibility index (Phi) is 3.89. The van der Waals surface area contributed by atoms with Crippen molar-refractivity contribution in [2.24, 2.45) is 0 Å². The molecule has 2 N–H and O–H groups in total. The van der Waals surface area contributed by atoms with Crippen molar-refractivity contribution in [1.82, 2.24) is 15.3 Å². The zero-order valence-electron chi connectivity index (χ0n) is 16.5. The first-order valence-corrected chi connectivity index (χ1v) is 9.17. The number of aromatic nitrogens is 2. The third kappa shape index (κ3) is 2.43. The van der Waals surface area contributed by atoms with Crippen LogP contribution < -0.4 is 19.5 Å². The van der Waals surface area contributed by atoms with Gasteiger partial charge < -0.3 is 19.2 Å². The number of carbonyl (C=O) groups excluding carboxylic acids is 2. The number of pyridine rings is 1. The molecular formula is C22H17N3O5. The molecule has 0 spiro atoms. The summed E-state index contributed by atoms with van der Waals surface area (Å²) in [5.41, 5.74) is 2.93. The predicted octanol–water partition coefficient (Wildman–Crippen LogP) is 3.29. The molecule has 8 heteroatoms. The molecule has 0 fully saturated rings. The first-order valence-electron chi connectivity index (χ1n) is 9.17. The van der Waals surface area contributed by atoms with E-state index in [2.05, 4.69) is 15.3 Å². The summed E-state index contributed by atoms with van der Waals surface area (Å²) in [6, 6.07) is 10.9. The summed E-state index contributed by atoms with van der Waals surface area (Å²) in [6.07, 6.45) is 0. The van der Waals surface area contributed by atoms with Gasteiger partial charge in [-0.2, -0.15) is 0 Å². The average Bonchev–Trinajstić information content (AvgIpc) is 3.28. The normalized spacial score (nSPS) is 12.9. The topological polar surface area (TPSA) is 103 Å². The number of nitrogens with one attached hydrogen (secondary N) is 2. The van der Waals surface area contributed by atoms with Gasteiger partial charge in [0.2, 0.25) is 0 Å². The van der Waals surface area contributed by atoms with E-state index < -0.39 is 11.8 Å². The Labute approximate surface area is 170 Å². The molecule has 0 aliphatic carbocycles. The van der Waals surface area contributed by atoms with E-state index in [1.807, 2.05) is 24.3 Å². The minimum atomic E-state index is -0.525. The van der Waals surface area contributed by atoms with E-state index in [-0.39, 0.29) is 11.3 Å². The molecule has 1 aliphatic heterocycles. The van der Waals surface area contributed by atoms with Crippen LogP contribution in [0.25, 0.3) is 33.1 Å². The number of rotatable bonds is 4. The molecule has 2 aromatic heterocycles. The largest absolute Gasteiger partial charge is 0.497 e. The van der Waals surface area contributed by atoms with Crippen LogP contribution in [0.1, 0.15) is 20.8 Å². The molecule has 3 heterocycles. The van der Waals surface area contributed by atoms with E-state index in [4.69, 9.17) is 14.2 Å². The van der Waals surface area contributed by atoms with Crippen LogP contribution in [0.3, 0.4) is 0 Å². The molecule has 150 valence electrons. The molecule has 30 heavy (non-hydrogen) atoms. The number of nitrogens with zero attached hydrogens (tertiary/aromatic N) is 1. The molecule has 2 amide bonds. The summed E-state index contributed by atoms with van der Waals surface area (Å²) in [6.45, 7) is 0. The van der Waals surface area contributed by atoms with Gasteiger partial charge >= 0.3 is 0 Å². The lowest BCUT2D eigenvalue weighted by atomic mass is 10.0. The minimum Gasteiger partial charge on any atom is -0.497 e. The summed E-state index contributed by atoms with van der Waals surface area (Å²) in [4.78, 5) is 33.0. The molecule has 0 radical (unpaired) electrons. The molecule has 2 aromatic carbocycles. The number of benzene rings is 2. The van der Waals surface area contributed by atoms with Crippen LogP contribution in [0.4, 0.5) is 0 Å². The highest BCUT2D eigenvalue weighted by molar-refractivity contribution is 6.30. The summed E-state index contributed by atoms with van der Waals surface area (Å²) in [7, 11) is 4.70. The van der Waals surface area contributed by atoms with E-state index >= 15 is 0 Å². The number of carbonyl (C=O) groups is 2. The van der Waals surface area contributed by atoms with Crippen molar-refractivity contribution in [3.8, 4) is 28.5 Å². The number of methoxy groups -OCH3 is 3. The number of ether oxygens (including phenoxy) is 3. The quantitative estimate of drug-likeness (QED) is 0.507. The first-order chi connectivity index (χ1) is 14.5. The van der Waals surface area contributed by atoms with E-state index in [0.29, 0.717) is 39.4 Å². The Hall–Kier alpha value is -4.07. The van der Waals surface area contributed by atoms with E-state index in [1.165, 1.54) is 0 Å². The zero-order chi connectivity index (χ0) is 21.0. The average molecular weight is 403 g/mol. The summed E-state index contributed by atoms with van der Waals surface area (Å²) >= 11 is 0. The number of hydrogen-bond acceptors (Lipinski definition) is 6. The van der Waals surface area contributed by atoms with Crippen molar-refractivity contribution >= 4 is 33.6 Å². The fourth-order valence-corrected chi connectivity index (χ4v) is 3.88. The van der Waals surface area contributed by atoms with E-state index in [1.54, 1.807) is 33.5 Å². The maximum atomic E-state index is 12.6. The van der Waals surface area contributed by atoms with Gasteiger partial charge in [-0.3, -0.25) is 14.9 Å². The summed E-state index contributed by atoms with van der Waals surface area (Å²) < 4.78 is 16.2. The first kappa shape index (κ1) is 18.0. The van der Waals surface area contributed by atoms with Crippen molar-refractivity contribution < 1.29 is 23.8 Å². The molecule has 0 bridgehead atoms. The predicted molar refractivity (Wildman–Crippen MR) is 110 cm³/mol. The molecule has 4 aromatic rings. The minimum absolute atomic E-state index is 0.0871. The number of amides is 2. The third-order valence-corrected chi connectivity index (χ3v) is 5.29. The van der Waals surface area contributed by atoms with Crippen LogP contribution in [0.15, 0.2) is 36.4 Å². The standard InChI is InChI=1S/C22H17N3O5/c1-28-10-5-7-14-13(8-10)16-17-20(22(27)25-21(17)26)24-18(19(16)23-14)12-6-4-11(29-2)9-15(12)30-3/h4-9,23H,1-3H3,(H,25,26,27). The maximum Gasteiger partial charge on any atom is 0.277 e. The van der Waals surface area contributed by atoms with Crippen molar-refractivity contribution in [3.63, 3.8) is 0 Å². The molecule has 0 atom stereocenters. The van der Waals surface area contributed by atoms with Gasteiger partial charge in [-0.25, -0.2) is 4.98 Å². The fourth-order valence-electron chi connectivity index (χ4n) is 3.88. The van der Waals surface area contributed by atoms with Gasteiger partial charge in [-0.1, -0.05) is 0 Å². The molecular weight excluding hydrogens is 386 g/mol. The van der Waals surface area contributed by atoms with Gasteiger partial charge in [0.1, 0.15) is 22.9 Å². The van der Waals surface area contributed by atoms with Crippen LogP contribution in [-0.4, -0.2) is 43.1 Å². The number of H-pyrrole nitrogens is 1. The second kappa shape index (κ2) is 6.48. The molecule has 0 saturated carbocycles. The molecule has 0 saturated heterocycles. The van der Waals surface area contributed by atoms with Gasteiger partial charge in [0.15, 0.2) is 0 Å². The van der Waals surface area contributed by atoms with Crippen molar-refractivity contribution in [1.29, 1.82) is 0 Å². The SMILES string of the molecule is COc1ccc(-c2nc3c(c4c2[nH]c2ccc(OC)cc24)C(=O)NC3=O)c(OC)c1. The summed E-state index contributed by atoms with van der Waals surface area (Å²) in [5, 5.41) is 3.73. The highest BCUT2D eigenvalue weighted by Gasteiger charge is 2.34. The van der Waals surface area contributed by atoms with Crippen molar-refractivity contribution in [2.45, 2.75) is 0 Å². The fraction of sp³-hybridized carbons (Fsp3) is 0.136. The van der Waals surface area contributed by atoms with Gasteiger partial charge in [0.25, 0.3) is 11.8 Å². The van der Waals surface area contributed by atoms with Crippen LogP contribution >= 0.6 is 0 Å². The molecule has 5 rings (SSSR count). The number of imide groups is 1. The second-order valence-corrected chi connectivity index (χ2v) is 6.82. The lowest BCUT2D eigenvalue weighted by Gasteiger charge is -2.12. The number of aromatic amines is 1. The van der Waals surface area contributed by atoms with Crippen LogP contribution in [0.2, 0.25) is 0 Å².